The van der Waals surface area contributed by atoms with Gasteiger partial charge in [0.15, 0.2) is 5.82 Å². The van der Waals surface area contributed by atoms with Crippen molar-refractivity contribution in [1.29, 1.82) is 0 Å². The van der Waals surface area contributed by atoms with Crippen molar-refractivity contribution in [2.24, 2.45) is 23.2 Å². The van der Waals surface area contributed by atoms with Crippen LogP contribution in [0.1, 0.15) is 78.2 Å². The maximum atomic E-state index is 14.2. The van der Waals surface area contributed by atoms with Gasteiger partial charge in [0.1, 0.15) is 6.04 Å². The lowest BCUT2D eigenvalue weighted by atomic mass is 9.54. The lowest BCUT2D eigenvalue weighted by molar-refractivity contribution is -0.184. The molecule has 6 aliphatic rings. The highest BCUT2D eigenvalue weighted by Crippen LogP contribution is 2.67. The van der Waals surface area contributed by atoms with Gasteiger partial charge >= 0.3 is 5.97 Å². The third-order valence-electron chi connectivity index (χ3n) is 12.4. The largest absolute Gasteiger partial charge is 0.480 e. The van der Waals surface area contributed by atoms with Crippen LogP contribution in [0.2, 0.25) is 0 Å². The summed E-state index contributed by atoms with van der Waals surface area (Å²) in [5.41, 5.74) is 2.03. The van der Waals surface area contributed by atoms with Gasteiger partial charge in [-0.1, -0.05) is 19.1 Å². The second kappa shape index (κ2) is 8.78. The highest BCUT2D eigenvalue weighted by Gasteiger charge is 2.60. The molecule has 1 aromatic heterocycles. The van der Waals surface area contributed by atoms with Gasteiger partial charge in [-0.15, -0.1) is 0 Å². The van der Waals surface area contributed by atoms with Crippen molar-refractivity contribution in [3.05, 3.63) is 34.6 Å². The number of hydrogen-bond acceptors (Lipinski definition) is 6. The molecular formula is C32H42N4O4. The van der Waals surface area contributed by atoms with Gasteiger partial charge in [-0.2, -0.15) is 0 Å². The first-order valence-corrected chi connectivity index (χ1v) is 15.7. The van der Waals surface area contributed by atoms with Gasteiger partial charge in [-0.3, -0.25) is 9.69 Å². The number of anilines is 1. The number of nitrogens with zero attached hydrogens (tertiary/aromatic N) is 4. The van der Waals surface area contributed by atoms with Crippen LogP contribution in [0, 0.1) is 23.2 Å². The van der Waals surface area contributed by atoms with Crippen molar-refractivity contribution in [2.75, 3.05) is 11.4 Å². The highest BCUT2D eigenvalue weighted by molar-refractivity contribution is 5.81. The molecule has 0 radical (unpaired) electrons. The smallest absolute Gasteiger partial charge is 0.326 e. The van der Waals surface area contributed by atoms with Crippen molar-refractivity contribution in [3.8, 4) is 0 Å². The summed E-state index contributed by atoms with van der Waals surface area (Å²) in [6.45, 7) is 7.58. The molecule has 8 rings (SSSR count). The van der Waals surface area contributed by atoms with E-state index < -0.39 is 12.0 Å². The Bertz CT molecular complexity index is 1410. The summed E-state index contributed by atoms with van der Waals surface area (Å²) in [5.74, 6) is 2.06. The molecule has 1 N–H and O–H groups in total. The van der Waals surface area contributed by atoms with E-state index in [2.05, 4.69) is 25.7 Å². The summed E-state index contributed by atoms with van der Waals surface area (Å²) in [7, 11) is 0. The first-order chi connectivity index (χ1) is 19.2. The summed E-state index contributed by atoms with van der Waals surface area (Å²) in [4.78, 5) is 35.3. The van der Waals surface area contributed by atoms with Crippen molar-refractivity contribution in [3.63, 3.8) is 0 Å². The normalized spacial score (nSPS) is 44.1. The SMILES string of the molecule is CC1OC(C)C2CC(n3c(=O)c(N4CCC4C(=O)O)nc4ccccc43)CC1N2C1CC2CC3CC(C1)C3(C)C2. The molecule has 6 fully saturated rings. The minimum absolute atomic E-state index is 0.0246. The predicted molar refractivity (Wildman–Crippen MR) is 153 cm³/mol. The number of fused-ring (bicyclic) bond motifs is 4. The molecule has 40 heavy (non-hydrogen) atoms. The fraction of sp³-hybridized carbons (Fsp3) is 0.719. The van der Waals surface area contributed by atoms with Gasteiger partial charge in [0, 0.05) is 30.7 Å². The Morgan fingerprint density at radius 1 is 1.00 bits per heavy atom. The van der Waals surface area contributed by atoms with Crippen molar-refractivity contribution < 1.29 is 14.6 Å². The number of carboxylic acids is 1. The lowest BCUT2D eigenvalue weighted by Gasteiger charge is -2.59. The van der Waals surface area contributed by atoms with Gasteiger partial charge in [0.05, 0.1) is 23.2 Å². The Balaban J connectivity index is 1.17. The zero-order valence-electron chi connectivity index (χ0n) is 23.9. The quantitative estimate of drug-likeness (QED) is 0.606. The summed E-state index contributed by atoms with van der Waals surface area (Å²) in [6.07, 6.45) is 9.38. The number of aliphatic carboxylic acids is 1. The maximum absolute atomic E-state index is 14.2. The van der Waals surface area contributed by atoms with E-state index in [-0.39, 0.29) is 41.7 Å². The number of carbonyl (C=O) groups is 1. The summed E-state index contributed by atoms with van der Waals surface area (Å²) in [6, 6.07) is 8.34. The molecule has 10 unspecified atom stereocenters. The minimum atomic E-state index is -0.890. The second-order valence-corrected chi connectivity index (χ2v) is 14.3. The number of ether oxygens (including phenoxy) is 1. The number of aromatic nitrogens is 2. The first kappa shape index (κ1) is 25.3. The van der Waals surface area contributed by atoms with Gasteiger partial charge < -0.3 is 19.3 Å². The summed E-state index contributed by atoms with van der Waals surface area (Å²) in [5, 5.41) is 9.71. The molecule has 1 aromatic carbocycles. The zero-order valence-corrected chi connectivity index (χ0v) is 23.9. The number of rotatable bonds is 4. The molecule has 0 amide bonds. The fourth-order valence-electron chi connectivity index (χ4n) is 10.3. The van der Waals surface area contributed by atoms with Crippen LogP contribution in [-0.2, 0) is 9.53 Å². The van der Waals surface area contributed by atoms with Crippen LogP contribution in [0.3, 0.4) is 0 Å². The molecule has 3 aliphatic heterocycles. The van der Waals surface area contributed by atoms with Crippen molar-refractivity contribution >= 4 is 22.8 Å². The minimum Gasteiger partial charge on any atom is -0.480 e. The average Bonchev–Trinajstić information content (AvgIpc) is 3.06. The Labute approximate surface area is 235 Å². The number of piperidine rings is 1. The Morgan fingerprint density at radius 3 is 2.42 bits per heavy atom. The molecule has 2 aromatic rings. The standard InChI is InChI=1S/C32H42N4O4/c1-17-27-14-23(36-25-7-5-4-6-24(25)33-29(30(36)37)34-9-8-26(34)31(38)39)15-28(18(2)40-17)35(27)22-11-19-10-20-12-21(13-22)32(20,3)16-19/h4-7,17-23,26-28H,8-16H2,1-3H3,(H,38,39). The van der Waals surface area contributed by atoms with E-state index in [0.29, 0.717) is 24.4 Å². The molecule has 8 heteroatoms. The molecule has 0 spiro atoms. The second-order valence-electron chi connectivity index (χ2n) is 14.3. The zero-order chi connectivity index (χ0) is 27.5. The summed E-state index contributed by atoms with van der Waals surface area (Å²) >= 11 is 0. The number of hydrogen-bond donors (Lipinski definition) is 1. The number of morpholine rings is 1. The van der Waals surface area contributed by atoms with Crippen LogP contribution in [0.25, 0.3) is 11.0 Å². The molecular weight excluding hydrogens is 504 g/mol. The molecule has 10 atom stereocenters. The molecule has 3 saturated heterocycles. The van der Waals surface area contributed by atoms with Gasteiger partial charge in [-0.25, -0.2) is 9.78 Å². The highest BCUT2D eigenvalue weighted by atomic mass is 16.5. The van der Waals surface area contributed by atoms with E-state index in [1.807, 2.05) is 28.8 Å². The van der Waals surface area contributed by atoms with Crippen LogP contribution in [-0.4, -0.2) is 68.4 Å². The Morgan fingerprint density at radius 2 is 1.73 bits per heavy atom. The fourth-order valence-corrected chi connectivity index (χ4v) is 10.3. The maximum Gasteiger partial charge on any atom is 0.326 e. The molecule has 3 saturated carbocycles. The predicted octanol–water partition coefficient (Wildman–Crippen LogP) is 4.46. The number of carboxylic acid groups (broad SMARTS) is 1. The van der Waals surface area contributed by atoms with Crippen LogP contribution < -0.4 is 10.5 Å². The monoisotopic (exact) mass is 546 g/mol. The third-order valence-corrected chi connectivity index (χ3v) is 12.4. The van der Waals surface area contributed by atoms with E-state index in [9.17, 15) is 14.7 Å². The average molecular weight is 547 g/mol. The van der Waals surface area contributed by atoms with E-state index in [4.69, 9.17) is 9.72 Å². The molecule has 3 aliphatic carbocycles. The van der Waals surface area contributed by atoms with Gasteiger partial charge in [-0.05, 0) is 101 Å². The number of para-hydroxylation sites is 2. The van der Waals surface area contributed by atoms with Crippen LogP contribution in [0.15, 0.2) is 29.1 Å². The van der Waals surface area contributed by atoms with Crippen molar-refractivity contribution in [2.45, 2.75) is 115 Å². The molecule has 214 valence electrons. The van der Waals surface area contributed by atoms with Crippen LogP contribution >= 0.6 is 0 Å². The van der Waals surface area contributed by atoms with E-state index in [1.165, 1.54) is 32.1 Å². The third kappa shape index (κ3) is 3.47. The van der Waals surface area contributed by atoms with Gasteiger partial charge in [0.25, 0.3) is 5.56 Å². The first-order valence-electron chi connectivity index (χ1n) is 15.7. The topological polar surface area (TPSA) is 87.9 Å². The lowest BCUT2D eigenvalue weighted by Crippen LogP contribution is -2.66. The summed E-state index contributed by atoms with van der Waals surface area (Å²) < 4.78 is 8.52. The van der Waals surface area contributed by atoms with Crippen LogP contribution in [0.5, 0.6) is 0 Å². The molecule has 4 heterocycles. The van der Waals surface area contributed by atoms with Crippen molar-refractivity contribution in [1.82, 2.24) is 14.5 Å². The van der Waals surface area contributed by atoms with Crippen LogP contribution in [0.4, 0.5) is 5.82 Å². The van der Waals surface area contributed by atoms with E-state index in [1.54, 1.807) is 4.90 Å². The molecule has 8 nitrogen and oxygen atoms in total. The Hall–Kier alpha value is -2.45. The molecule has 4 bridgehead atoms. The van der Waals surface area contributed by atoms with E-state index >= 15 is 0 Å². The Kier molecular flexibility index (Phi) is 5.55. The van der Waals surface area contributed by atoms with Gasteiger partial charge in [0.2, 0.25) is 0 Å². The van der Waals surface area contributed by atoms with E-state index in [0.717, 1.165) is 41.6 Å². The number of benzene rings is 1.